The molecule has 2 aliphatic carbocycles. The Morgan fingerprint density at radius 3 is 3.00 bits per heavy atom. The quantitative estimate of drug-likeness (QED) is 0.507. The van der Waals surface area contributed by atoms with Crippen molar-refractivity contribution in [2.24, 2.45) is 5.92 Å². The van der Waals surface area contributed by atoms with Gasteiger partial charge in [0.05, 0.1) is 0 Å². The summed E-state index contributed by atoms with van der Waals surface area (Å²) in [4.78, 5) is 0. The highest BCUT2D eigenvalue weighted by molar-refractivity contribution is 5.38. The molecule has 0 saturated heterocycles. The molecule has 0 aromatic carbocycles. The molecule has 0 radical (unpaired) electrons. The Labute approximate surface area is 74.7 Å². The maximum Gasteiger partial charge on any atom is -0.0163 e. The second-order valence-corrected chi connectivity index (χ2v) is 3.81. The van der Waals surface area contributed by atoms with E-state index in [-0.39, 0.29) is 0 Å². The van der Waals surface area contributed by atoms with Gasteiger partial charge in [0.25, 0.3) is 0 Å². The average molecular weight is 160 g/mol. The van der Waals surface area contributed by atoms with Crippen LogP contribution in [0.1, 0.15) is 32.6 Å². The Bertz CT molecular complexity index is 253. The molecule has 0 saturated carbocycles. The minimum Gasteiger partial charge on any atom is -0.0805 e. The van der Waals surface area contributed by atoms with Gasteiger partial charge in [-0.1, -0.05) is 31.2 Å². The maximum absolute atomic E-state index is 2.35. The van der Waals surface area contributed by atoms with Crippen molar-refractivity contribution >= 4 is 0 Å². The lowest BCUT2D eigenvalue weighted by molar-refractivity contribution is 0.552. The lowest BCUT2D eigenvalue weighted by Crippen LogP contribution is -2.06. The molecule has 1 unspecified atom stereocenters. The van der Waals surface area contributed by atoms with E-state index in [1.165, 1.54) is 19.3 Å². The molecular formula is C12H16. The highest BCUT2D eigenvalue weighted by Crippen LogP contribution is 2.32. The monoisotopic (exact) mass is 160 g/mol. The van der Waals surface area contributed by atoms with Crippen LogP contribution >= 0.6 is 0 Å². The van der Waals surface area contributed by atoms with E-state index in [2.05, 4.69) is 31.2 Å². The summed E-state index contributed by atoms with van der Waals surface area (Å²) in [7, 11) is 0. The zero-order chi connectivity index (χ0) is 8.39. The summed E-state index contributed by atoms with van der Waals surface area (Å²) in [6.45, 7) is 2.35. The predicted molar refractivity (Wildman–Crippen MR) is 52.9 cm³/mol. The summed E-state index contributed by atoms with van der Waals surface area (Å²) in [5, 5.41) is 0. The third-order valence-electron chi connectivity index (χ3n) is 2.87. The van der Waals surface area contributed by atoms with Gasteiger partial charge >= 0.3 is 0 Å². The van der Waals surface area contributed by atoms with Gasteiger partial charge in [0.15, 0.2) is 0 Å². The van der Waals surface area contributed by atoms with Crippen LogP contribution in [-0.2, 0) is 0 Å². The second kappa shape index (κ2) is 3.30. The molecule has 0 aliphatic heterocycles. The van der Waals surface area contributed by atoms with Crippen LogP contribution in [0, 0.1) is 5.92 Å². The molecule has 0 aromatic rings. The van der Waals surface area contributed by atoms with E-state index in [9.17, 15) is 0 Å². The Hall–Kier alpha value is -0.780. The normalized spacial score (nSPS) is 28.6. The standard InChI is InChI=1S/C12H16/c1-10-6-5-8-11-7-3-2-4-9-12(10)11/h3-4,7,9-10H,2,5-6,8H2,1H3. The Morgan fingerprint density at radius 2 is 2.08 bits per heavy atom. The summed E-state index contributed by atoms with van der Waals surface area (Å²) < 4.78 is 0. The third-order valence-corrected chi connectivity index (χ3v) is 2.87. The maximum atomic E-state index is 2.35. The van der Waals surface area contributed by atoms with Crippen molar-refractivity contribution in [3.8, 4) is 0 Å². The van der Waals surface area contributed by atoms with Crippen LogP contribution in [0.3, 0.4) is 0 Å². The van der Waals surface area contributed by atoms with Crippen molar-refractivity contribution in [1.29, 1.82) is 0 Å². The van der Waals surface area contributed by atoms with E-state index in [0.29, 0.717) is 0 Å². The van der Waals surface area contributed by atoms with Crippen LogP contribution in [0.25, 0.3) is 0 Å². The fraction of sp³-hybridized carbons (Fsp3) is 0.500. The largest absolute Gasteiger partial charge is 0.0805 e. The SMILES string of the molecule is CC1CCCC2=C1C=CCC=C2. The first-order valence-electron chi connectivity index (χ1n) is 4.94. The number of allylic oxidation sites excluding steroid dienone is 6. The molecule has 0 nitrogen and oxygen atoms in total. The first kappa shape index (κ1) is 7.85. The van der Waals surface area contributed by atoms with Gasteiger partial charge in [-0.3, -0.25) is 0 Å². The molecule has 0 aromatic heterocycles. The molecule has 0 N–H and O–H groups in total. The van der Waals surface area contributed by atoms with E-state index in [4.69, 9.17) is 0 Å². The fourth-order valence-corrected chi connectivity index (χ4v) is 2.15. The summed E-state index contributed by atoms with van der Waals surface area (Å²) in [6, 6.07) is 0. The Kier molecular flexibility index (Phi) is 2.16. The summed E-state index contributed by atoms with van der Waals surface area (Å²) >= 11 is 0. The number of rotatable bonds is 0. The molecule has 64 valence electrons. The molecule has 2 rings (SSSR count). The zero-order valence-corrected chi connectivity index (χ0v) is 7.72. The van der Waals surface area contributed by atoms with E-state index in [1.54, 1.807) is 11.1 Å². The van der Waals surface area contributed by atoms with Crippen LogP contribution in [-0.4, -0.2) is 0 Å². The predicted octanol–water partition coefficient (Wildman–Crippen LogP) is 3.62. The molecule has 0 amide bonds. The van der Waals surface area contributed by atoms with Gasteiger partial charge < -0.3 is 0 Å². The molecule has 0 bridgehead atoms. The number of hydrogen-bond donors (Lipinski definition) is 0. The van der Waals surface area contributed by atoms with Gasteiger partial charge in [-0.2, -0.15) is 0 Å². The van der Waals surface area contributed by atoms with Crippen molar-refractivity contribution in [3.05, 3.63) is 35.5 Å². The molecule has 0 spiro atoms. The molecule has 0 heterocycles. The van der Waals surface area contributed by atoms with Gasteiger partial charge in [-0.05, 0) is 42.7 Å². The van der Waals surface area contributed by atoms with E-state index >= 15 is 0 Å². The molecule has 0 heteroatoms. The summed E-state index contributed by atoms with van der Waals surface area (Å²) in [6.07, 6.45) is 14.4. The first-order valence-corrected chi connectivity index (χ1v) is 4.94. The molecule has 1 atom stereocenters. The van der Waals surface area contributed by atoms with Gasteiger partial charge in [0.1, 0.15) is 0 Å². The third kappa shape index (κ3) is 1.38. The van der Waals surface area contributed by atoms with Crippen molar-refractivity contribution < 1.29 is 0 Å². The smallest absolute Gasteiger partial charge is 0.0163 e. The van der Waals surface area contributed by atoms with Crippen molar-refractivity contribution in [3.63, 3.8) is 0 Å². The highest BCUT2D eigenvalue weighted by Gasteiger charge is 2.16. The van der Waals surface area contributed by atoms with Crippen LogP contribution < -0.4 is 0 Å². The fourth-order valence-electron chi connectivity index (χ4n) is 2.15. The molecular weight excluding hydrogens is 144 g/mol. The van der Waals surface area contributed by atoms with Crippen LogP contribution in [0.2, 0.25) is 0 Å². The minimum absolute atomic E-state index is 0.785. The zero-order valence-electron chi connectivity index (χ0n) is 7.72. The van der Waals surface area contributed by atoms with Crippen LogP contribution in [0.5, 0.6) is 0 Å². The van der Waals surface area contributed by atoms with E-state index in [1.807, 2.05) is 0 Å². The summed E-state index contributed by atoms with van der Waals surface area (Å²) in [5.41, 5.74) is 3.18. The Balaban J connectivity index is 2.36. The summed E-state index contributed by atoms with van der Waals surface area (Å²) in [5.74, 6) is 0.785. The molecule has 2 aliphatic rings. The van der Waals surface area contributed by atoms with Crippen molar-refractivity contribution in [2.75, 3.05) is 0 Å². The van der Waals surface area contributed by atoms with Gasteiger partial charge in [0, 0.05) is 0 Å². The minimum atomic E-state index is 0.785. The van der Waals surface area contributed by atoms with E-state index in [0.717, 1.165) is 12.3 Å². The van der Waals surface area contributed by atoms with Crippen LogP contribution in [0.15, 0.2) is 35.5 Å². The van der Waals surface area contributed by atoms with Crippen LogP contribution in [0.4, 0.5) is 0 Å². The van der Waals surface area contributed by atoms with Gasteiger partial charge in [0.2, 0.25) is 0 Å². The lowest BCUT2D eigenvalue weighted by atomic mass is 9.84. The number of hydrogen-bond acceptors (Lipinski definition) is 0. The van der Waals surface area contributed by atoms with Crippen molar-refractivity contribution in [1.82, 2.24) is 0 Å². The Morgan fingerprint density at radius 1 is 1.25 bits per heavy atom. The topological polar surface area (TPSA) is 0 Å². The molecule has 0 fully saturated rings. The average Bonchev–Trinajstić information content (AvgIpc) is 2.30. The molecule has 12 heavy (non-hydrogen) atoms. The van der Waals surface area contributed by atoms with Gasteiger partial charge in [-0.15, -0.1) is 0 Å². The highest BCUT2D eigenvalue weighted by atomic mass is 14.2. The van der Waals surface area contributed by atoms with Crippen molar-refractivity contribution in [2.45, 2.75) is 32.6 Å². The van der Waals surface area contributed by atoms with E-state index < -0.39 is 0 Å². The lowest BCUT2D eigenvalue weighted by Gasteiger charge is -2.21. The first-order chi connectivity index (χ1) is 5.88. The van der Waals surface area contributed by atoms with Gasteiger partial charge in [-0.25, -0.2) is 0 Å². The second-order valence-electron chi connectivity index (χ2n) is 3.81.